The Morgan fingerprint density at radius 2 is 1.58 bits per heavy atom. The molecular formula is C25H31N3O4S. The number of nitrogens with zero attached hydrogens (tertiary/aromatic N) is 1. The molecule has 0 spiro atoms. The van der Waals surface area contributed by atoms with Crippen LogP contribution in [-0.4, -0.2) is 46.0 Å². The van der Waals surface area contributed by atoms with E-state index in [1.54, 1.807) is 36.4 Å². The number of anilines is 2. The summed E-state index contributed by atoms with van der Waals surface area (Å²) in [6.45, 7) is 1.80. The summed E-state index contributed by atoms with van der Waals surface area (Å²) in [5.74, 6) is -1.75. The molecule has 1 unspecified atom stereocenters. The summed E-state index contributed by atoms with van der Waals surface area (Å²) in [5, 5.41) is 5.71. The van der Waals surface area contributed by atoms with Crippen molar-refractivity contribution >= 4 is 39.9 Å². The van der Waals surface area contributed by atoms with Gasteiger partial charge in [0.2, 0.25) is 17.7 Å². The molecule has 1 fully saturated rings. The van der Waals surface area contributed by atoms with Gasteiger partial charge < -0.3 is 15.5 Å². The van der Waals surface area contributed by atoms with Crippen molar-refractivity contribution in [2.45, 2.75) is 45.1 Å². The van der Waals surface area contributed by atoms with E-state index in [9.17, 15) is 18.6 Å². The lowest BCUT2D eigenvalue weighted by atomic mass is 9.95. The molecule has 2 aromatic carbocycles. The minimum Gasteiger partial charge on any atom is -0.352 e. The second-order valence-electron chi connectivity index (χ2n) is 8.36. The van der Waals surface area contributed by atoms with E-state index < -0.39 is 22.6 Å². The van der Waals surface area contributed by atoms with Crippen LogP contribution in [0.2, 0.25) is 0 Å². The molecular weight excluding hydrogens is 438 g/mol. The number of amides is 3. The van der Waals surface area contributed by atoms with Gasteiger partial charge in [0.25, 0.3) is 0 Å². The highest BCUT2D eigenvalue weighted by atomic mass is 32.2. The Hall–Kier alpha value is -3.00. The lowest BCUT2D eigenvalue weighted by molar-refractivity contribution is -0.123. The van der Waals surface area contributed by atoms with Crippen molar-refractivity contribution in [1.29, 1.82) is 0 Å². The van der Waals surface area contributed by atoms with Crippen LogP contribution in [0.5, 0.6) is 0 Å². The highest BCUT2D eigenvalue weighted by Crippen LogP contribution is 2.18. The number of hydrogen-bond donors (Lipinski definition) is 2. The van der Waals surface area contributed by atoms with Crippen molar-refractivity contribution in [3.05, 3.63) is 60.2 Å². The zero-order valence-electron chi connectivity index (χ0n) is 18.9. The number of aryl methyl sites for hydroxylation is 1. The Labute approximate surface area is 197 Å². The van der Waals surface area contributed by atoms with Gasteiger partial charge in [-0.25, -0.2) is 0 Å². The standard InChI is InChI=1S/C25H31N3O4S/c1-19-12-14-21(15-13-19)27-24(30)17-33(32)18-25(31)28(22-10-6-3-7-11-22)16-23(29)26-20-8-4-2-5-9-20/h3,6-7,10-15,20H,2,4-5,8-9,16-18H2,1H3,(H,26,29)(H,27,30). The summed E-state index contributed by atoms with van der Waals surface area (Å²) in [5.41, 5.74) is 2.23. The SMILES string of the molecule is Cc1ccc(NC(=O)CS(=O)CC(=O)N(CC(=O)NC2CCCCC2)c2ccccc2)cc1. The molecule has 2 N–H and O–H groups in total. The van der Waals surface area contributed by atoms with Gasteiger partial charge in [-0.05, 0) is 44.0 Å². The van der Waals surface area contributed by atoms with Crippen LogP contribution in [-0.2, 0) is 25.2 Å². The number of rotatable bonds is 9. The van der Waals surface area contributed by atoms with E-state index in [0.717, 1.165) is 31.2 Å². The first-order chi connectivity index (χ1) is 15.9. The Balaban J connectivity index is 1.58. The van der Waals surface area contributed by atoms with Gasteiger partial charge >= 0.3 is 0 Å². The minimum atomic E-state index is -1.71. The van der Waals surface area contributed by atoms with Crippen LogP contribution in [0.1, 0.15) is 37.7 Å². The third kappa shape index (κ3) is 8.13. The summed E-state index contributed by atoms with van der Waals surface area (Å²) < 4.78 is 12.5. The maximum absolute atomic E-state index is 13.0. The van der Waals surface area contributed by atoms with Gasteiger partial charge in [-0.2, -0.15) is 0 Å². The normalized spacial score (nSPS) is 14.8. The van der Waals surface area contributed by atoms with Gasteiger partial charge in [-0.3, -0.25) is 18.6 Å². The number of hydrogen-bond acceptors (Lipinski definition) is 4. The third-order valence-electron chi connectivity index (χ3n) is 5.55. The molecule has 3 amide bonds. The molecule has 176 valence electrons. The fraction of sp³-hybridized carbons (Fsp3) is 0.400. The van der Waals surface area contributed by atoms with Crippen LogP contribution in [0.25, 0.3) is 0 Å². The van der Waals surface area contributed by atoms with E-state index in [0.29, 0.717) is 11.4 Å². The lowest BCUT2D eigenvalue weighted by Crippen LogP contribution is -2.46. The number of para-hydroxylation sites is 1. The van der Waals surface area contributed by atoms with Crippen molar-refractivity contribution in [3.8, 4) is 0 Å². The van der Waals surface area contributed by atoms with Gasteiger partial charge in [0.1, 0.15) is 18.1 Å². The van der Waals surface area contributed by atoms with Crippen LogP contribution in [0.4, 0.5) is 11.4 Å². The van der Waals surface area contributed by atoms with Gasteiger partial charge in [0, 0.05) is 28.2 Å². The lowest BCUT2D eigenvalue weighted by Gasteiger charge is -2.26. The molecule has 33 heavy (non-hydrogen) atoms. The predicted molar refractivity (Wildman–Crippen MR) is 131 cm³/mol. The molecule has 3 rings (SSSR count). The van der Waals surface area contributed by atoms with Crippen molar-refractivity contribution in [2.24, 2.45) is 0 Å². The molecule has 1 aliphatic rings. The van der Waals surface area contributed by atoms with E-state index >= 15 is 0 Å². The van der Waals surface area contributed by atoms with Crippen molar-refractivity contribution < 1.29 is 18.6 Å². The number of benzene rings is 2. The average molecular weight is 470 g/mol. The first-order valence-corrected chi connectivity index (χ1v) is 12.8. The average Bonchev–Trinajstić information content (AvgIpc) is 2.80. The molecule has 1 aliphatic carbocycles. The second kappa shape index (κ2) is 12.3. The van der Waals surface area contributed by atoms with E-state index in [2.05, 4.69) is 10.6 Å². The predicted octanol–water partition coefficient (Wildman–Crippen LogP) is 3.16. The van der Waals surface area contributed by atoms with Gasteiger partial charge in [0.05, 0.1) is 0 Å². The van der Waals surface area contributed by atoms with Crippen LogP contribution in [0.15, 0.2) is 54.6 Å². The first kappa shape index (κ1) is 24.6. The fourth-order valence-corrected chi connectivity index (χ4v) is 4.74. The molecule has 0 aromatic heterocycles. The Bertz CT molecular complexity index is 973. The summed E-state index contributed by atoms with van der Waals surface area (Å²) in [6, 6.07) is 16.3. The molecule has 0 aliphatic heterocycles. The van der Waals surface area contributed by atoms with E-state index in [-0.39, 0.29) is 30.0 Å². The third-order valence-corrected chi connectivity index (χ3v) is 6.71. The van der Waals surface area contributed by atoms with Crippen molar-refractivity contribution in [3.63, 3.8) is 0 Å². The van der Waals surface area contributed by atoms with Crippen LogP contribution < -0.4 is 15.5 Å². The molecule has 0 saturated heterocycles. The molecule has 1 atom stereocenters. The topological polar surface area (TPSA) is 95.6 Å². The zero-order valence-corrected chi connectivity index (χ0v) is 19.7. The summed E-state index contributed by atoms with van der Waals surface area (Å²) in [4.78, 5) is 39.2. The molecule has 0 heterocycles. The van der Waals surface area contributed by atoms with E-state index in [1.807, 2.05) is 25.1 Å². The largest absolute Gasteiger partial charge is 0.352 e. The Morgan fingerprint density at radius 3 is 2.24 bits per heavy atom. The van der Waals surface area contributed by atoms with Gasteiger partial charge in [0.15, 0.2) is 0 Å². The number of nitrogens with one attached hydrogen (secondary N) is 2. The summed E-state index contributed by atoms with van der Waals surface area (Å²) in [6.07, 6.45) is 5.27. The monoisotopic (exact) mass is 469 g/mol. The molecule has 0 bridgehead atoms. The highest BCUT2D eigenvalue weighted by molar-refractivity contribution is 7.86. The van der Waals surface area contributed by atoms with Crippen molar-refractivity contribution in [2.75, 3.05) is 28.3 Å². The first-order valence-electron chi connectivity index (χ1n) is 11.3. The minimum absolute atomic E-state index is 0.138. The number of carbonyl (C=O) groups excluding carboxylic acids is 3. The smallest absolute Gasteiger partial charge is 0.240 e. The molecule has 2 aromatic rings. The highest BCUT2D eigenvalue weighted by Gasteiger charge is 2.24. The Morgan fingerprint density at radius 1 is 0.909 bits per heavy atom. The quantitative estimate of drug-likeness (QED) is 0.590. The van der Waals surface area contributed by atoms with Gasteiger partial charge in [-0.15, -0.1) is 0 Å². The molecule has 1 saturated carbocycles. The van der Waals surface area contributed by atoms with Crippen molar-refractivity contribution in [1.82, 2.24) is 5.32 Å². The van der Waals surface area contributed by atoms with Crippen LogP contribution >= 0.6 is 0 Å². The van der Waals surface area contributed by atoms with E-state index in [4.69, 9.17) is 0 Å². The molecule has 0 radical (unpaired) electrons. The number of carbonyl (C=O) groups is 3. The molecule has 8 heteroatoms. The van der Waals surface area contributed by atoms with Crippen LogP contribution in [0, 0.1) is 6.92 Å². The van der Waals surface area contributed by atoms with E-state index in [1.165, 1.54) is 11.3 Å². The fourth-order valence-electron chi connectivity index (χ4n) is 3.84. The molecule has 7 nitrogen and oxygen atoms in total. The second-order valence-corrected chi connectivity index (χ2v) is 9.82. The van der Waals surface area contributed by atoms with Crippen LogP contribution in [0.3, 0.4) is 0 Å². The van der Waals surface area contributed by atoms with Gasteiger partial charge in [-0.1, -0.05) is 55.2 Å². The Kier molecular flexibility index (Phi) is 9.18. The summed E-state index contributed by atoms with van der Waals surface area (Å²) in [7, 11) is -1.71. The summed E-state index contributed by atoms with van der Waals surface area (Å²) >= 11 is 0. The zero-order chi connectivity index (χ0) is 23.6. The maximum Gasteiger partial charge on any atom is 0.240 e. The maximum atomic E-state index is 13.0.